The lowest BCUT2D eigenvalue weighted by atomic mass is 9.78. The van der Waals surface area contributed by atoms with Crippen LogP contribution < -0.4 is 19.8 Å². The van der Waals surface area contributed by atoms with E-state index in [1.807, 2.05) is 6.07 Å². The predicted octanol–water partition coefficient (Wildman–Crippen LogP) is 6.20. The van der Waals surface area contributed by atoms with Crippen LogP contribution in [0.15, 0.2) is 41.2 Å². The number of aromatic nitrogens is 1. The number of methoxy groups -OCH3 is 3. The molecular formula is C29H34N2O4. The lowest BCUT2D eigenvalue weighted by molar-refractivity contribution is 0.324. The molecule has 1 N–H and O–H groups in total. The highest BCUT2D eigenvalue weighted by atomic mass is 16.5. The van der Waals surface area contributed by atoms with E-state index in [4.69, 9.17) is 14.2 Å². The van der Waals surface area contributed by atoms with Crippen molar-refractivity contribution in [3.05, 3.63) is 63.4 Å². The van der Waals surface area contributed by atoms with Crippen molar-refractivity contribution in [1.29, 1.82) is 5.26 Å². The first-order chi connectivity index (χ1) is 16.3. The molecule has 0 unspecified atom stereocenters. The van der Waals surface area contributed by atoms with Gasteiger partial charge in [0.05, 0.1) is 21.3 Å². The topological polar surface area (TPSA) is 84.3 Å². The Balaban J connectivity index is 2.36. The van der Waals surface area contributed by atoms with Crippen LogP contribution in [0.3, 0.4) is 0 Å². The summed E-state index contributed by atoms with van der Waals surface area (Å²) < 4.78 is 16.4. The third-order valence-electron chi connectivity index (χ3n) is 6.10. The molecule has 0 radical (unpaired) electrons. The first-order valence-electron chi connectivity index (χ1n) is 11.5. The van der Waals surface area contributed by atoms with Crippen LogP contribution in [0.25, 0.3) is 22.4 Å². The number of pyridine rings is 1. The molecule has 0 saturated carbocycles. The molecule has 0 spiro atoms. The van der Waals surface area contributed by atoms with E-state index in [1.54, 1.807) is 26.4 Å². The second-order valence-electron chi connectivity index (χ2n) is 10.6. The summed E-state index contributed by atoms with van der Waals surface area (Å²) in [7, 11) is 4.62. The Labute approximate surface area is 207 Å². The van der Waals surface area contributed by atoms with E-state index in [0.29, 0.717) is 34.1 Å². The molecule has 0 amide bonds. The third kappa shape index (κ3) is 5.19. The SMILES string of the molecule is COc1cc(-c2cc(-c3cc(C(C)(C)C)cc(C(C)(C)C)c3)c(C#N)c(=O)[nH]2)cc(OC)c1OC. The minimum atomic E-state index is -0.452. The maximum absolute atomic E-state index is 13.1. The van der Waals surface area contributed by atoms with E-state index in [2.05, 4.69) is 70.8 Å². The molecule has 1 aromatic heterocycles. The summed E-state index contributed by atoms with van der Waals surface area (Å²) in [5, 5.41) is 9.89. The zero-order valence-corrected chi connectivity index (χ0v) is 22.0. The maximum Gasteiger partial charge on any atom is 0.266 e. The number of nitrogens with one attached hydrogen (secondary N) is 1. The zero-order valence-electron chi connectivity index (χ0n) is 22.0. The fraction of sp³-hybridized carbons (Fsp3) is 0.379. The van der Waals surface area contributed by atoms with Crippen molar-refractivity contribution in [3.63, 3.8) is 0 Å². The van der Waals surface area contributed by atoms with E-state index >= 15 is 0 Å². The van der Waals surface area contributed by atoms with E-state index in [0.717, 1.165) is 16.7 Å². The molecule has 3 rings (SSSR count). The Morgan fingerprint density at radius 1 is 0.743 bits per heavy atom. The summed E-state index contributed by atoms with van der Waals surface area (Å²) >= 11 is 0. The van der Waals surface area contributed by atoms with Crippen molar-refractivity contribution >= 4 is 0 Å². The van der Waals surface area contributed by atoms with Crippen molar-refractivity contribution in [2.24, 2.45) is 0 Å². The normalized spacial score (nSPS) is 11.7. The minimum absolute atomic E-state index is 0.0760. The van der Waals surface area contributed by atoms with Crippen molar-refractivity contribution in [2.45, 2.75) is 52.4 Å². The maximum atomic E-state index is 13.1. The monoisotopic (exact) mass is 474 g/mol. The lowest BCUT2D eigenvalue weighted by Gasteiger charge is -2.26. The van der Waals surface area contributed by atoms with E-state index in [-0.39, 0.29) is 16.4 Å². The summed E-state index contributed by atoms with van der Waals surface area (Å²) in [6.45, 7) is 12.9. The molecule has 35 heavy (non-hydrogen) atoms. The van der Waals surface area contributed by atoms with E-state index in [1.165, 1.54) is 7.11 Å². The van der Waals surface area contributed by atoms with Gasteiger partial charge in [0.2, 0.25) is 5.75 Å². The lowest BCUT2D eigenvalue weighted by Crippen LogP contribution is -2.17. The third-order valence-corrected chi connectivity index (χ3v) is 6.10. The number of aromatic amines is 1. The molecule has 6 nitrogen and oxygen atoms in total. The number of H-pyrrole nitrogens is 1. The molecule has 6 heteroatoms. The fourth-order valence-electron chi connectivity index (χ4n) is 3.94. The zero-order chi connectivity index (χ0) is 26.1. The molecule has 3 aromatic rings. The van der Waals surface area contributed by atoms with Gasteiger partial charge < -0.3 is 19.2 Å². The van der Waals surface area contributed by atoms with Gasteiger partial charge in [0.25, 0.3) is 5.56 Å². The highest BCUT2D eigenvalue weighted by Gasteiger charge is 2.23. The molecule has 0 aliphatic carbocycles. The van der Waals surface area contributed by atoms with Gasteiger partial charge in [-0.3, -0.25) is 4.79 Å². The van der Waals surface area contributed by atoms with Gasteiger partial charge in [0.1, 0.15) is 11.6 Å². The summed E-state index contributed by atoms with van der Waals surface area (Å²) in [5.41, 5.74) is 4.31. The largest absolute Gasteiger partial charge is 0.493 e. The van der Waals surface area contributed by atoms with Crippen LogP contribution in [0.5, 0.6) is 17.2 Å². The van der Waals surface area contributed by atoms with Crippen molar-refractivity contribution in [1.82, 2.24) is 4.98 Å². The van der Waals surface area contributed by atoms with E-state index in [9.17, 15) is 10.1 Å². The second kappa shape index (κ2) is 9.50. The average Bonchev–Trinajstić information content (AvgIpc) is 2.81. The van der Waals surface area contributed by atoms with Crippen LogP contribution >= 0.6 is 0 Å². The summed E-state index contributed by atoms with van der Waals surface area (Å²) in [5.74, 6) is 1.40. The first kappa shape index (κ1) is 25.9. The van der Waals surface area contributed by atoms with Crippen LogP contribution in [0.2, 0.25) is 0 Å². The van der Waals surface area contributed by atoms with Crippen LogP contribution in [0.1, 0.15) is 58.2 Å². The average molecular weight is 475 g/mol. The van der Waals surface area contributed by atoms with Gasteiger partial charge in [0.15, 0.2) is 11.5 Å². The highest BCUT2D eigenvalue weighted by Crippen LogP contribution is 2.41. The molecule has 184 valence electrons. The van der Waals surface area contributed by atoms with E-state index < -0.39 is 5.56 Å². The number of hydrogen-bond acceptors (Lipinski definition) is 5. The van der Waals surface area contributed by atoms with Crippen LogP contribution in [0, 0.1) is 11.3 Å². The predicted molar refractivity (Wildman–Crippen MR) is 140 cm³/mol. The van der Waals surface area contributed by atoms with Gasteiger partial charge in [-0.15, -0.1) is 0 Å². The molecule has 0 bridgehead atoms. The molecule has 0 aliphatic heterocycles. The molecule has 0 atom stereocenters. The van der Waals surface area contributed by atoms with Gasteiger partial charge in [-0.05, 0) is 45.7 Å². The Kier molecular flexibility index (Phi) is 7.03. The summed E-state index contributed by atoms with van der Waals surface area (Å²) in [6.07, 6.45) is 0. The minimum Gasteiger partial charge on any atom is -0.493 e. The summed E-state index contributed by atoms with van der Waals surface area (Å²) in [6, 6.07) is 13.9. The number of hydrogen-bond donors (Lipinski definition) is 1. The highest BCUT2D eigenvalue weighted by molar-refractivity contribution is 5.78. The first-order valence-corrected chi connectivity index (χ1v) is 11.5. The Morgan fingerprint density at radius 3 is 1.66 bits per heavy atom. The smallest absolute Gasteiger partial charge is 0.266 e. The quantitative estimate of drug-likeness (QED) is 0.476. The van der Waals surface area contributed by atoms with Gasteiger partial charge in [-0.2, -0.15) is 5.26 Å². The number of nitrogens with zero attached hydrogens (tertiary/aromatic N) is 1. The standard InChI is InChI=1S/C29H34N2O4/c1-28(2,3)19-10-17(11-20(14-19)29(4,5)6)21-15-23(31-27(32)22(21)16-30)18-12-24(33-7)26(35-9)25(13-18)34-8/h10-15H,1-9H3,(H,31,32). The van der Waals surface area contributed by atoms with Gasteiger partial charge in [-0.1, -0.05) is 59.7 Å². The number of nitriles is 1. The molecule has 0 aliphatic rings. The number of benzene rings is 2. The van der Waals surface area contributed by atoms with Gasteiger partial charge >= 0.3 is 0 Å². The number of ether oxygens (including phenoxy) is 3. The molecule has 0 saturated heterocycles. The van der Waals surface area contributed by atoms with Crippen molar-refractivity contribution < 1.29 is 14.2 Å². The molecule has 2 aromatic carbocycles. The van der Waals surface area contributed by atoms with Gasteiger partial charge in [0, 0.05) is 16.8 Å². The van der Waals surface area contributed by atoms with Crippen LogP contribution in [-0.4, -0.2) is 26.3 Å². The van der Waals surface area contributed by atoms with Crippen LogP contribution in [0.4, 0.5) is 0 Å². The van der Waals surface area contributed by atoms with Crippen molar-refractivity contribution in [2.75, 3.05) is 21.3 Å². The fourth-order valence-corrected chi connectivity index (χ4v) is 3.94. The van der Waals surface area contributed by atoms with Crippen LogP contribution in [-0.2, 0) is 10.8 Å². The molecule has 0 fully saturated rings. The summed E-state index contributed by atoms with van der Waals surface area (Å²) in [4.78, 5) is 15.9. The second-order valence-corrected chi connectivity index (χ2v) is 10.6. The molecule has 1 heterocycles. The Morgan fingerprint density at radius 2 is 1.26 bits per heavy atom. The Hall–Kier alpha value is -3.72. The Bertz CT molecular complexity index is 1290. The van der Waals surface area contributed by atoms with Crippen molar-refractivity contribution in [3.8, 4) is 45.7 Å². The van der Waals surface area contributed by atoms with Gasteiger partial charge in [-0.25, -0.2) is 0 Å². The number of rotatable bonds is 5. The molecular weight excluding hydrogens is 440 g/mol.